The van der Waals surface area contributed by atoms with E-state index < -0.39 is 5.97 Å². The zero-order chi connectivity index (χ0) is 26.2. The molecule has 0 aromatic heterocycles. The van der Waals surface area contributed by atoms with Crippen molar-refractivity contribution in [3.8, 4) is 17.2 Å². The summed E-state index contributed by atoms with van der Waals surface area (Å²) in [4.78, 5) is 12.8. The predicted octanol–water partition coefficient (Wildman–Crippen LogP) is 6.29. The molecule has 36 heavy (non-hydrogen) atoms. The number of aliphatic carboxylic acids is 1. The highest BCUT2D eigenvalue weighted by Gasteiger charge is 2.36. The molecule has 0 amide bonds. The number of carboxylic acid groups (broad SMARTS) is 1. The number of hydrogen-bond acceptors (Lipinski definition) is 5. The van der Waals surface area contributed by atoms with Crippen molar-refractivity contribution in [2.45, 2.75) is 68.1 Å². The Hall–Kier alpha value is -3.12. The van der Waals surface area contributed by atoms with E-state index in [1.165, 1.54) is 16.7 Å². The third-order valence-electron chi connectivity index (χ3n) is 4.84. The van der Waals surface area contributed by atoms with Gasteiger partial charge < -0.3 is 24.1 Å². The Balaban J connectivity index is 0.000000830. The van der Waals surface area contributed by atoms with Gasteiger partial charge in [-0.15, -0.1) is 0 Å². The van der Waals surface area contributed by atoms with Crippen molar-refractivity contribution in [3.63, 3.8) is 0 Å². The first-order valence-electron chi connectivity index (χ1n) is 12.7. The summed E-state index contributed by atoms with van der Waals surface area (Å²) in [5, 5.41) is 9.26. The minimum Gasteiger partial charge on any atom is -0.550 e. The van der Waals surface area contributed by atoms with Crippen LogP contribution in [0.25, 0.3) is 0 Å². The van der Waals surface area contributed by atoms with Crippen LogP contribution in [0, 0.1) is 0 Å². The molecule has 0 aliphatic rings. The molecule has 0 aliphatic carbocycles. The number of carbonyl (C=O) groups excluding carboxylic acids is 1. The summed E-state index contributed by atoms with van der Waals surface area (Å²) in [5.41, 5.74) is 0. The Morgan fingerprint density at radius 3 is 1.44 bits per heavy atom. The van der Waals surface area contributed by atoms with Gasteiger partial charge in [-0.1, -0.05) is 64.1 Å². The lowest BCUT2D eigenvalue weighted by molar-refractivity contribution is -0.305. The van der Waals surface area contributed by atoms with Gasteiger partial charge in [0, 0.05) is 18.1 Å². The lowest BCUT2D eigenvalue weighted by Gasteiger charge is -2.18. The van der Waals surface area contributed by atoms with Crippen LogP contribution in [0.1, 0.15) is 53.4 Å². The van der Waals surface area contributed by atoms with Gasteiger partial charge in [-0.25, -0.2) is 0 Å². The molecule has 0 radical (unpaired) electrons. The topological polar surface area (TPSA) is 67.8 Å². The van der Waals surface area contributed by atoms with Crippen molar-refractivity contribution in [1.82, 2.24) is 0 Å². The molecule has 194 valence electrons. The smallest absolute Gasteiger partial charge is 0.250 e. The van der Waals surface area contributed by atoms with E-state index in [1.54, 1.807) is 0 Å². The molecule has 0 fully saturated rings. The maximum atomic E-state index is 9.26. The molecule has 0 unspecified atom stereocenters. The van der Waals surface area contributed by atoms with Crippen molar-refractivity contribution in [1.29, 1.82) is 0 Å². The Morgan fingerprint density at radius 2 is 1.08 bits per heavy atom. The van der Waals surface area contributed by atoms with E-state index >= 15 is 0 Å². The molecule has 3 rings (SSSR count). The van der Waals surface area contributed by atoms with Gasteiger partial charge in [0.1, 0.15) is 16.6 Å². The normalized spacial score (nSPS) is 10.4. The van der Waals surface area contributed by atoms with E-state index in [1.807, 2.05) is 12.1 Å². The Labute approximate surface area is 218 Å². The van der Waals surface area contributed by atoms with Gasteiger partial charge in [0.15, 0.2) is 21.3 Å². The zero-order valence-electron chi connectivity index (χ0n) is 21.8. The van der Waals surface area contributed by atoms with Crippen molar-refractivity contribution < 1.29 is 24.1 Å². The van der Waals surface area contributed by atoms with Crippen LogP contribution in [-0.4, -0.2) is 25.8 Å². The highest BCUT2D eigenvalue weighted by molar-refractivity contribution is 7.97. The van der Waals surface area contributed by atoms with E-state index in [9.17, 15) is 9.90 Å². The van der Waals surface area contributed by atoms with Gasteiger partial charge in [-0.2, -0.15) is 0 Å². The third kappa shape index (κ3) is 9.15. The lowest BCUT2D eigenvalue weighted by atomic mass is 10.3. The number of rotatable bonds is 13. The molecule has 0 bridgehead atoms. The summed E-state index contributed by atoms with van der Waals surface area (Å²) in [6.07, 6.45) is 2.95. The van der Waals surface area contributed by atoms with Gasteiger partial charge in [-0.3, -0.25) is 0 Å². The molecule has 3 aromatic carbocycles. The second-order valence-corrected chi connectivity index (χ2v) is 9.92. The Kier molecular flexibility index (Phi) is 13.4. The standard InChI is InChI=1S/C27H33O3S.C3H6O2/c1-4-17-28-22-20-25(29-18-5-2)27(26(21-22)30-19-6-3)31(23-13-9-7-10-14-23)24-15-11-8-12-16-24;1-2-3(4)5/h7-16,20-21H,4-6,17-19H2,1-3H3;2H2,1H3,(H,4,5)/q+1;/p-1. The average Bonchev–Trinajstić information content (AvgIpc) is 2.92. The van der Waals surface area contributed by atoms with Crippen molar-refractivity contribution in [2.75, 3.05) is 19.8 Å². The Bertz CT molecular complexity index is 956. The largest absolute Gasteiger partial charge is 0.550 e. The number of benzene rings is 3. The molecule has 0 N–H and O–H groups in total. The molecular formula is C30H38O5S. The first kappa shape index (κ1) is 29.1. The van der Waals surface area contributed by atoms with E-state index in [0.29, 0.717) is 19.8 Å². The van der Waals surface area contributed by atoms with Gasteiger partial charge in [0.25, 0.3) is 0 Å². The number of hydrogen-bond donors (Lipinski definition) is 0. The number of carbonyl (C=O) groups is 1. The number of carboxylic acids is 1. The molecule has 6 heteroatoms. The summed E-state index contributed by atoms with van der Waals surface area (Å²) in [5.74, 6) is 1.49. The maximum Gasteiger partial charge on any atom is 0.250 e. The molecule has 0 heterocycles. The van der Waals surface area contributed by atoms with E-state index in [0.717, 1.165) is 41.4 Å². The molecule has 0 atom stereocenters. The SMILES string of the molecule is CCC(=O)[O-].CCCOc1cc(OCCC)c([S+](c2ccccc2)c2ccccc2)c(OCCC)c1. The summed E-state index contributed by atoms with van der Waals surface area (Å²) < 4.78 is 18.6. The van der Waals surface area contributed by atoms with Crippen molar-refractivity contribution in [2.24, 2.45) is 0 Å². The fourth-order valence-corrected chi connectivity index (χ4v) is 5.42. The Morgan fingerprint density at radius 1 is 0.694 bits per heavy atom. The second-order valence-electron chi connectivity index (χ2n) is 7.95. The molecule has 5 nitrogen and oxygen atoms in total. The fourth-order valence-electron chi connectivity index (χ4n) is 3.18. The maximum absolute atomic E-state index is 9.26. The molecule has 0 saturated carbocycles. The van der Waals surface area contributed by atoms with Crippen molar-refractivity contribution >= 4 is 16.9 Å². The first-order chi connectivity index (χ1) is 17.5. The average molecular weight is 511 g/mol. The van der Waals surface area contributed by atoms with Crippen LogP contribution in [0.3, 0.4) is 0 Å². The van der Waals surface area contributed by atoms with Crippen LogP contribution in [0.15, 0.2) is 87.5 Å². The summed E-state index contributed by atoms with van der Waals surface area (Å²) in [7, 11) is -0.364. The van der Waals surface area contributed by atoms with Gasteiger partial charge in [-0.05, 0) is 49.9 Å². The van der Waals surface area contributed by atoms with Crippen LogP contribution in [0.4, 0.5) is 0 Å². The third-order valence-corrected chi connectivity index (χ3v) is 7.14. The molecule has 0 saturated heterocycles. The summed E-state index contributed by atoms with van der Waals surface area (Å²) >= 11 is 0. The lowest BCUT2D eigenvalue weighted by Crippen LogP contribution is -2.19. The van der Waals surface area contributed by atoms with E-state index in [2.05, 4.69) is 81.4 Å². The van der Waals surface area contributed by atoms with E-state index in [4.69, 9.17) is 14.2 Å². The van der Waals surface area contributed by atoms with Gasteiger partial charge >= 0.3 is 0 Å². The molecule has 3 aromatic rings. The minimum atomic E-state index is -0.995. The fraction of sp³-hybridized carbons (Fsp3) is 0.367. The molecule has 0 spiro atoms. The monoisotopic (exact) mass is 510 g/mol. The van der Waals surface area contributed by atoms with E-state index in [-0.39, 0.29) is 17.3 Å². The van der Waals surface area contributed by atoms with Crippen LogP contribution < -0.4 is 19.3 Å². The quantitative estimate of drug-likeness (QED) is 0.253. The van der Waals surface area contributed by atoms with Crippen LogP contribution in [0.5, 0.6) is 17.2 Å². The van der Waals surface area contributed by atoms with Crippen LogP contribution in [-0.2, 0) is 15.7 Å². The van der Waals surface area contributed by atoms with Crippen LogP contribution >= 0.6 is 0 Å². The highest BCUT2D eigenvalue weighted by atomic mass is 32.2. The van der Waals surface area contributed by atoms with Crippen LogP contribution in [0.2, 0.25) is 0 Å². The molecule has 0 aliphatic heterocycles. The zero-order valence-corrected chi connectivity index (χ0v) is 22.6. The van der Waals surface area contributed by atoms with Gasteiger partial charge in [0.05, 0.1) is 19.8 Å². The second kappa shape index (κ2) is 16.5. The van der Waals surface area contributed by atoms with Crippen molar-refractivity contribution in [3.05, 3.63) is 72.8 Å². The molecular weight excluding hydrogens is 472 g/mol. The predicted molar refractivity (Wildman–Crippen MR) is 144 cm³/mol. The minimum absolute atomic E-state index is 0.111. The summed E-state index contributed by atoms with van der Waals surface area (Å²) in [6.45, 7) is 9.87. The number of ether oxygens (including phenoxy) is 3. The van der Waals surface area contributed by atoms with Gasteiger partial charge in [0.2, 0.25) is 4.90 Å². The first-order valence-corrected chi connectivity index (χ1v) is 13.9. The highest BCUT2D eigenvalue weighted by Crippen LogP contribution is 2.45. The summed E-state index contributed by atoms with van der Waals surface area (Å²) in [6, 6.07) is 25.3.